The van der Waals surface area contributed by atoms with Gasteiger partial charge < -0.3 is 10.1 Å². The molecule has 0 aromatic carbocycles. The number of ether oxygens (including phenoxy) is 1. The molecule has 0 aliphatic carbocycles. The van der Waals surface area contributed by atoms with Crippen LogP contribution in [0.5, 0.6) is 0 Å². The van der Waals surface area contributed by atoms with Gasteiger partial charge in [0.15, 0.2) is 0 Å². The van der Waals surface area contributed by atoms with E-state index in [4.69, 9.17) is 4.74 Å². The van der Waals surface area contributed by atoms with Crippen molar-refractivity contribution in [2.75, 3.05) is 11.5 Å². The highest BCUT2D eigenvalue weighted by molar-refractivity contribution is 7.99. The van der Waals surface area contributed by atoms with Crippen molar-refractivity contribution >= 4 is 11.8 Å². The lowest BCUT2D eigenvalue weighted by Crippen LogP contribution is -2.45. The summed E-state index contributed by atoms with van der Waals surface area (Å²) in [6.07, 6.45) is 7.78. The smallest absolute Gasteiger partial charge is 0.0733 e. The van der Waals surface area contributed by atoms with Crippen LogP contribution >= 0.6 is 11.8 Å². The Morgan fingerprint density at radius 3 is 2.86 bits per heavy atom. The van der Waals surface area contributed by atoms with Gasteiger partial charge >= 0.3 is 0 Å². The molecule has 0 saturated carbocycles. The van der Waals surface area contributed by atoms with Crippen LogP contribution in [0, 0.1) is 0 Å². The maximum Gasteiger partial charge on any atom is 0.0733 e. The Bertz CT molecular complexity index is 205. The highest BCUT2D eigenvalue weighted by Crippen LogP contribution is 2.35. The van der Waals surface area contributed by atoms with Crippen LogP contribution in [0.2, 0.25) is 0 Å². The van der Waals surface area contributed by atoms with Crippen molar-refractivity contribution in [2.24, 2.45) is 0 Å². The number of fused-ring (bicyclic) bond motifs is 2. The van der Waals surface area contributed by atoms with Crippen LogP contribution in [0.25, 0.3) is 0 Å². The van der Waals surface area contributed by atoms with Crippen LogP contribution in [-0.4, -0.2) is 35.8 Å². The number of hydrogen-bond donors (Lipinski definition) is 1. The lowest BCUT2D eigenvalue weighted by molar-refractivity contribution is 0.0961. The van der Waals surface area contributed by atoms with Gasteiger partial charge in [-0.2, -0.15) is 11.8 Å². The first kappa shape index (κ1) is 9.49. The van der Waals surface area contributed by atoms with Gasteiger partial charge in [-0.1, -0.05) is 0 Å². The summed E-state index contributed by atoms with van der Waals surface area (Å²) in [6.45, 7) is 0. The van der Waals surface area contributed by atoms with Crippen LogP contribution in [0.3, 0.4) is 0 Å². The van der Waals surface area contributed by atoms with Gasteiger partial charge in [-0.15, -0.1) is 0 Å². The van der Waals surface area contributed by atoms with Crippen molar-refractivity contribution in [3.05, 3.63) is 0 Å². The molecule has 3 heteroatoms. The Labute approximate surface area is 90.2 Å². The Kier molecular flexibility index (Phi) is 2.73. The molecular weight excluding hydrogens is 194 g/mol. The second-order valence-electron chi connectivity index (χ2n) is 4.80. The summed E-state index contributed by atoms with van der Waals surface area (Å²) in [5, 5.41) is 3.80. The Hall–Kier alpha value is 0.270. The summed E-state index contributed by atoms with van der Waals surface area (Å²) < 4.78 is 5.86. The zero-order chi connectivity index (χ0) is 9.38. The molecule has 3 saturated heterocycles. The molecule has 14 heavy (non-hydrogen) atoms. The van der Waals surface area contributed by atoms with Crippen molar-refractivity contribution < 1.29 is 4.74 Å². The largest absolute Gasteiger partial charge is 0.373 e. The van der Waals surface area contributed by atoms with E-state index in [2.05, 4.69) is 17.1 Å². The second-order valence-corrected chi connectivity index (χ2v) is 5.95. The molecule has 3 unspecified atom stereocenters. The van der Waals surface area contributed by atoms with E-state index < -0.39 is 0 Å². The molecule has 3 aliphatic heterocycles. The summed E-state index contributed by atoms with van der Waals surface area (Å²) in [7, 11) is 0. The lowest BCUT2D eigenvalue weighted by Gasteiger charge is -2.29. The van der Waals surface area contributed by atoms with E-state index in [0.29, 0.717) is 18.2 Å². The zero-order valence-corrected chi connectivity index (χ0v) is 9.39. The molecule has 0 radical (unpaired) electrons. The van der Waals surface area contributed by atoms with Crippen LogP contribution < -0.4 is 5.32 Å². The molecular formula is C11H19NOS. The van der Waals surface area contributed by atoms with Crippen molar-refractivity contribution in [3.63, 3.8) is 0 Å². The molecule has 2 bridgehead atoms. The number of nitrogens with one attached hydrogen (secondary N) is 1. The number of hydrogen-bond acceptors (Lipinski definition) is 3. The molecule has 80 valence electrons. The van der Waals surface area contributed by atoms with Crippen LogP contribution in [0.15, 0.2) is 0 Å². The molecule has 2 nitrogen and oxygen atoms in total. The molecule has 3 fully saturated rings. The molecule has 1 N–H and O–H groups in total. The minimum atomic E-state index is 0.548. The second kappa shape index (κ2) is 4.03. The van der Waals surface area contributed by atoms with Gasteiger partial charge in [-0.3, -0.25) is 0 Å². The number of rotatable bonds is 2. The quantitative estimate of drug-likeness (QED) is 0.755. The minimum absolute atomic E-state index is 0.548. The third-order valence-corrected chi connectivity index (χ3v) is 4.93. The Balaban J connectivity index is 1.52. The average Bonchev–Trinajstić information content (AvgIpc) is 2.81. The van der Waals surface area contributed by atoms with Gasteiger partial charge in [0.05, 0.1) is 12.2 Å². The highest BCUT2D eigenvalue weighted by Gasteiger charge is 2.41. The summed E-state index contributed by atoms with van der Waals surface area (Å²) in [6, 6.07) is 1.44. The van der Waals surface area contributed by atoms with Gasteiger partial charge in [0.1, 0.15) is 0 Å². The summed E-state index contributed by atoms with van der Waals surface area (Å²) in [4.78, 5) is 0. The molecule has 3 aliphatic rings. The first-order valence-electron chi connectivity index (χ1n) is 5.91. The lowest BCUT2D eigenvalue weighted by atomic mass is 9.94. The van der Waals surface area contributed by atoms with E-state index in [9.17, 15) is 0 Å². The molecule has 0 spiro atoms. The van der Waals surface area contributed by atoms with Crippen molar-refractivity contribution in [1.29, 1.82) is 0 Å². The fourth-order valence-electron chi connectivity index (χ4n) is 2.99. The average molecular weight is 213 g/mol. The van der Waals surface area contributed by atoms with E-state index in [1.807, 2.05) is 0 Å². The van der Waals surface area contributed by atoms with Crippen molar-refractivity contribution in [3.8, 4) is 0 Å². The Morgan fingerprint density at radius 2 is 2.21 bits per heavy atom. The predicted molar refractivity (Wildman–Crippen MR) is 59.8 cm³/mol. The van der Waals surface area contributed by atoms with E-state index >= 15 is 0 Å². The Morgan fingerprint density at radius 1 is 1.21 bits per heavy atom. The van der Waals surface area contributed by atoms with Crippen molar-refractivity contribution in [2.45, 2.75) is 56.4 Å². The van der Waals surface area contributed by atoms with Crippen LogP contribution in [0.4, 0.5) is 0 Å². The first-order chi connectivity index (χ1) is 6.92. The third-order valence-electron chi connectivity index (χ3n) is 3.72. The molecule has 0 aromatic heterocycles. The summed E-state index contributed by atoms with van der Waals surface area (Å²) in [5.74, 6) is 2.68. The van der Waals surface area contributed by atoms with Gasteiger partial charge in [0.2, 0.25) is 0 Å². The van der Waals surface area contributed by atoms with E-state index in [0.717, 1.165) is 6.04 Å². The molecule has 0 aromatic rings. The first-order valence-corrected chi connectivity index (χ1v) is 7.06. The van der Waals surface area contributed by atoms with E-state index in [1.54, 1.807) is 0 Å². The molecule has 3 rings (SSSR count). The normalized spacial score (nSPS) is 47.1. The maximum atomic E-state index is 5.86. The predicted octanol–water partition coefficient (Wildman–Crippen LogP) is 1.79. The summed E-state index contributed by atoms with van der Waals surface area (Å²) in [5.41, 5.74) is 0. The van der Waals surface area contributed by atoms with Gasteiger partial charge in [0.25, 0.3) is 0 Å². The topological polar surface area (TPSA) is 21.3 Å². The standard InChI is InChI=1S/C11H19NOS/c1-2-8(7-14-5-1)12-10-6-9-3-4-11(10)13-9/h8-12H,1-7H2/t8?,9?,10-,11?/m0/s1. The highest BCUT2D eigenvalue weighted by atomic mass is 32.2. The van der Waals surface area contributed by atoms with Gasteiger partial charge in [-0.05, 0) is 37.9 Å². The monoisotopic (exact) mass is 213 g/mol. The number of thioether (sulfide) groups is 1. The molecule has 3 heterocycles. The van der Waals surface area contributed by atoms with Crippen LogP contribution in [-0.2, 0) is 4.74 Å². The van der Waals surface area contributed by atoms with Gasteiger partial charge in [0, 0.05) is 17.8 Å². The zero-order valence-electron chi connectivity index (χ0n) is 8.58. The summed E-state index contributed by atoms with van der Waals surface area (Å²) >= 11 is 2.10. The fourth-order valence-corrected chi connectivity index (χ4v) is 4.07. The maximum absolute atomic E-state index is 5.86. The van der Waals surface area contributed by atoms with Crippen molar-refractivity contribution in [1.82, 2.24) is 5.32 Å². The minimum Gasteiger partial charge on any atom is -0.373 e. The van der Waals surface area contributed by atoms with E-state index in [-0.39, 0.29) is 0 Å². The van der Waals surface area contributed by atoms with Crippen LogP contribution in [0.1, 0.15) is 32.1 Å². The molecule has 0 amide bonds. The SMILES string of the molecule is C1CSCC(N[C@H]2CC3CCC2O3)C1. The van der Waals surface area contributed by atoms with Gasteiger partial charge in [-0.25, -0.2) is 0 Å². The molecule has 4 atom stereocenters. The fraction of sp³-hybridized carbons (Fsp3) is 1.00. The third kappa shape index (κ3) is 1.82. The van der Waals surface area contributed by atoms with E-state index in [1.165, 1.54) is 43.6 Å².